The molecule has 3 saturated heterocycles. The molecule has 32 heteroatoms. The maximum Gasteiger partial charge on any atom is 0.409 e. The van der Waals surface area contributed by atoms with Crippen molar-refractivity contribution in [3.63, 3.8) is 0 Å². The molecule has 97 heavy (non-hydrogen) atoms. The first kappa shape index (κ1) is 72.0. The summed E-state index contributed by atoms with van der Waals surface area (Å²) in [7, 11) is 5.62. The number of ketones is 2. The molecule has 3 fully saturated rings. The number of aliphatic hydroxyl groups is 1. The number of methoxy groups -OCH3 is 2. The molecule has 0 unspecified atom stereocenters. The number of imide groups is 1. The number of carbonyl (C=O) groups is 11. The van der Waals surface area contributed by atoms with E-state index in [1.807, 2.05) is 0 Å². The fourth-order valence-electron chi connectivity index (χ4n) is 12.4. The maximum atomic E-state index is 14.3. The number of Topliss-reactive ketones (excluding diaryl/α,β-unsaturated/α-hetero) is 1. The molecule has 9 N–H and O–H groups in total. The predicted octanol–water partition coefficient (Wildman–Crippen LogP) is -0.917. The molecule has 9 amide bonds. The van der Waals surface area contributed by atoms with Gasteiger partial charge in [-0.3, -0.25) is 63.2 Å². The molecule has 9 atom stereocenters. The summed E-state index contributed by atoms with van der Waals surface area (Å²) in [4.78, 5) is 148. The van der Waals surface area contributed by atoms with Gasteiger partial charge in [0, 0.05) is 114 Å². The minimum Gasteiger partial charge on any atom is -0.507 e. The number of aromatic hydroxyl groups is 2. The molecule has 32 nitrogen and oxygen atoms in total. The number of fused-ring (bicyclic) bond motifs is 6. The number of nitrogens with zero attached hydrogens (tertiary/aromatic N) is 4. The monoisotopic (exact) mass is 1350 g/mol. The highest BCUT2D eigenvalue weighted by Crippen LogP contribution is 2.53. The van der Waals surface area contributed by atoms with Crippen molar-refractivity contribution in [2.24, 2.45) is 0 Å². The second-order valence-electron chi connectivity index (χ2n) is 24.1. The molecule has 3 aromatic carbocycles. The largest absolute Gasteiger partial charge is 0.507 e. The Morgan fingerprint density at radius 1 is 0.794 bits per heavy atom. The van der Waals surface area contributed by atoms with Gasteiger partial charge in [0.25, 0.3) is 11.8 Å². The van der Waals surface area contributed by atoms with E-state index in [4.69, 9.17) is 37.9 Å². The highest BCUT2D eigenvalue weighted by Gasteiger charge is 2.55. The third-order valence-electron chi connectivity index (χ3n) is 17.6. The zero-order valence-electron chi connectivity index (χ0n) is 54.2. The average Bonchev–Trinajstić information content (AvgIpc) is 1.25. The van der Waals surface area contributed by atoms with Gasteiger partial charge in [-0.2, -0.15) is 0 Å². The highest BCUT2D eigenvalue weighted by atomic mass is 16.7. The Hall–Kier alpha value is -9.28. The van der Waals surface area contributed by atoms with Crippen LogP contribution in [0.4, 0.5) is 4.79 Å². The number of hydrogen-bond donors (Lipinski definition) is 9. The minimum atomic E-state index is -2.46. The standard InChI is InChI=1S/C65H80N10O22/c1-35-60-40(74-23-24-93-63(91-5)62(74)97-60)26-51(95-35)96-42-28-65(89,27-38-53(42)59(86)54-55(58(38)85)57(84)37-15-12-16-41(90-4)52(37)56(54)66)43(76)32-94-64(88)73(3)22-21-72(2)50(83)33-92-34-70-46(79)30-69-61(87)39(25-36-13-8-6-9-14-36)71-47(80)31-68-45(78)29-67-44(77)17-10-7-11-20-75-48(81)18-19-49(75)82/h6,8-9,12-16,18-19,35,39-40,42,51,60,62-63,66,85-86,89H,7,10-11,17,20-34H2,1-5H3,(H,67,77)(H,68,78)(H,69,87)(H,70,79)(H,71,80)/t35-,39-,40-,42-,51-,60+,62+,63-,65-/m0/s1. The van der Waals surface area contributed by atoms with E-state index in [-0.39, 0.29) is 96.0 Å². The minimum absolute atomic E-state index is 0.000689. The van der Waals surface area contributed by atoms with Gasteiger partial charge in [0.15, 0.2) is 31.2 Å². The number of phenols is 2. The van der Waals surface area contributed by atoms with Crippen LogP contribution in [0.5, 0.6) is 17.2 Å². The second kappa shape index (κ2) is 32.2. The number of carbonyl (C=O) groups excluding carboxylic acids is 11. The first-order chi connectivity index (χ1) is 46.4. The first-order valence-electron chi connectivity index (χ1n) is 31.6. The number of rotatable bonds is 30. The van der Waals surface area contributed by atoms with Gasteiger partial charge in [-0.15, -0.1) is 0 Å². The van der Waals surface area contributed by atoms with Crippen molar-refractivity contribution in [2.45, 2.75) is 113 Å². The lowest BCUT2D eigenvalue weighted by atomic mass is 9.71. The summed E-state index contributed by atoms with van der Waals surface area (Å²) in [5, 5.41) is 58.3. The molecule has 3 aromatic rings. The Morgan fingerprint density at radius 2 is 1.49 bits per heavy atom. The van der Waals surface area contributed by atoms with Gasteiger partial charge in [-0.1, -0.05) is 48.9 Å². The summed E-state index contributed by atoms with van der Waals surface area (Å²) in [6.45, 7) is -0.841. The van der Waals surface area contributed by atoms with Gasteiger partial charge < -0.3 is 89.6 Å². The van der Waals surface area contributed by atoms with Crippen LogP contribution >= 0.6 is 0 Å². The number of hydrogen-bond acceptors (Lipinski definition) is 24. The lowest BCUT2D eigenvalue weighted by molar-refractivity contribution is -0.256. The number of phenolic OH excluding ortho intramolecular Hbond substituents is 2. The second-order valence-corrected chi connectivity index (χ2v) is 24.1. The molecule has 2 aliphatic carbocycles. The van der Waals surface area contributed by atoms with Crippen LogP contribution in [0.1, 0.15) is 95.3 Å². The third kappa shape index (κ3) is 16.9. The number of unbranched alkanes of at least 4 members (excludes halogenated alkanes) is 2. The smallest absolute Gasteiger partial charge is 0.409 e. The molecule has 0 saturated carbocycles. The zero-order valence-corrected chi connectivity index (χ0v) is 54.2. The predicted molar refractivity (Wildman–Crippen MR) is 335 cm³/mol. The van der Waals surface area contributed by atoms with E-state index < -0.39 is 171 Å². The van der Waals surface area contributed by atoms with E-state index in [2.05, 4.69) is 31.5 Å². The SMILES string of the molecule is COc1cccc2c1C(=N)c1c(O)c3c(c(O)c1C2=O)C[C@@](O)(C(=O)COC(=O)N(C)CCN(C)C(=O)COCNC(=O)CNC(=O)[C@H](Cc1ccccc1)NC(=O)CNC(=O)CNC(=O)CCCCCN1C(=O)C=CC1=O)C[C@@H]3O[C@H]1C[C@H]2[C@H](O[C@@H]3[C@@H](OC)OCCN32)[C@H](C)O1. The van der Waals surface area contributed by atoms with Crippen LogP contribution in [-0.2, 0) is 89.2 Å². The zero-order chi connectivity index (χ0) is 69.8. The topological polar surface area (TPSA) is 419 Å². The van der Waals surface area contributed by atoms with Crippen LogP contribution in [0.3, 0.4) is 0 Å². The van der Waals surface area contributed by atoms with Gasteiger partial charge in [-0.25, -0.2) is 4.79 Å². The Labute approximate surface area is 557 Å². The molecule has 0 spiro atoms. The summed E-state index contributed by atoms with van der Waals surface area (Å²) < 4.78 is 46.9. The van der Waals surface area contributed by atoms with Crippen molar-refractivity contribution >= 4 is 70.6 Å². The molecule has 9 rings (SSSR count). The summed E-state index contributed by atoms with van der Waals surface area (Å²) in [6, 6.07) is 11.7. The molecule has 4 aliphatic heterocycles. The van der Waals surface area contributed by atoms with Crippen LogP contribution < -0.4 is 31.3 Å². The van der Waals surface area contributed by atoms with E-state index in [1.54, 1.807) is 43.3 Å². The number of morpholine rings is 1. The molecule has 4 heterocycles. The Bertz CT molecular complexity index is 3550. The van der Waals surface area contributed by atoms with E-state index in [0.717, 1.165) is 9.80 Å². The quantitative estimate of drug-likeness (QED) is 0.0132. The van der Waals surface area contributed by atoms with Crippen molar-refractivity contribution in [2.75, 3.05) is 101 Å². The van der Waals surface area contributed by atoms with Gasteiger partial charge in [0.2, 0.25) is 41.2 Å². The van der Waals surface area contributed by atoms with Crippen molar-refractivity contribution in [1.29, 1.82) is 5.41 Å². The van der Waals surface area contributed by atoms with Gasteiger partial charge in [0.05, 0.1) is 68.0 Å². The number of amides is 9. The molecule has 522 valence electrons. The van der Waals surface area contributed by atoms with Crippen molar-refractivity contribution in [3.8, 4) is 17.2 Å². The maximum absolute atomic E-state index is 14.3. The van der Waals surface area contributed by atoms with Crippen molar-refractivity contribution in [3.05, 3.63) is 99.6 Å². The fraction of sp³-hybridized carbons (Fsp3) is 0.508. The third-order valence-corrected chi connectivity index (χ3v) is 17.6. The van der Waals surface area contributed by atoms with E-state index >= 15 is 0 Å². The normalized spacial score (nSPS) is 22.6. The van der Waals surface area contributed by atoms with Gasteiger partial charge >= 0.3 is 6.09 Å². The number of benzene rings is 3. The molecular formula is C65H80N10O22. The van der Waals surface area contributed by atoms with Crippen LogP contribution in [0.15, 0.2) is 60.7 Å². The van der Waals surface area contributed by atoms with Gasteiger partial charge in [0.1, 0.15) is 48.3 Å². The Kier molecular flexibility index (Phi) is 23.9. The average molecular weight is 1350 g/mol. The number of nitrogens with one attached hydrogen (secondary N) is 6. The summed E-state index contributed by atoms with van der Waals surface area (Å²) in [6.07, 6.45) is -2.84. The number of likely N-dealkylation sites (N-methyl/N-ethyl adjacent to an activating group) is 2. The molecule has 0 radical (unpaired) electrons. The molecular weight excluding hydrogens is 1270 g/mol. The van der Waals surface area contributed by atoms with Crippen LogP contribution in [0.25, 0.3) is 0 Å². The molecule has 0 aromatic heterocycles. The summed E-state index contributed by atoms with van der Waals surface area (Å²) in [5.74, 6) is -7.57. The van der Waals surface area contributed by atoms with Crippen LogP contribution in [0.2, 0.25) is 0 Å². The lowest BCUT2D eigenvalue weighted by Crippen LogP contribution is -2.55. The first-order valence-corrected chi connectivity index (χ1v) is 31.6. The highest BCUT2D eigenvalue weighted by molar-refractivity contribution is 6.32. The summed E-state index contributed by atoms with van der Waals surface area (Å²) >= 11 is 0. The van der Waals surface area contributed by atoms with E-state index in [1.165, 1.54) is 57.5 Å². The number of ether oxygens (including phenoxy) is 8. The van der Waals surface area contributed by atoms with E-state index in [0.29, 0.717) is 38.0 Å². The lowest BCUT2D eigenvalue weighted by Gasteiger charge is -2.43. The van der Waals surface area contributed by atoms with Crippen molar-refractivity contribution < 1.29 is 106 Å². The fourth-order valence-corrected chi connectivity index (χ4v) is 12.4. The molecule has 6 aliphatic rings. The Morgan fingerprint density at radius 3 is 2.23 bits per heavy atom. The summed E-state index contributed by atoms with van der Waals surface area (Å²) in [5.41, 5.74) is -3.14. The molecule has 0 bridgehead atoms. The van der Waals surface area contributed by atoms with Gasteiger partial charge in [-0.05, 0) is 31.4 Å². The van der Waals surface area contributed by atoms with Crippen LogP contribution in [-0.4, -0.2) is 255 Å². The van der Waals surface area contributed by atoms with E-state index in [9.17, 15) is 73.5 Å². The Balaban J connectivity index is 0.718. The van der Waals surface area contributed by atoms with Crippen molar-refractivity contribution in [1.82, 2.24) is 46.2 Å². The van der Waals surface area contributed by atoms with Crippen LogP contribution in [0, 0.1) is 5.41 Å².